The average Bonchev–Trinajstić information content (AvgIpc) is 2.31. The Bertz CT molecular complexity index is 478. The highest BCUT2D eigenvalue weighted by Crippen LogP contribution is 2.20. The van der Waals surface area contributed by atoms with Crippen molar-refractivity contribution in [3.8, 4) is 6.07 Å². The van der Waals surface area contributed by atoms with E-state index in [4.69, 9.17) is 10.8 Å². The molecule has 7 heteroatoms. The standard InChI is InChI=1S/C10H9BrFN5/c11-7-1-2-8(9(12)5-7)10(6-13)15-3-4-16-17-14/h1-2,5,10,15H,3-4H2. The molecule has 88 valence electrons. The molecule has 1 N–H and O–H groups in total. The van der Waals surface area contributed by atoms with Gasteiger partial charge < -0.3 is 0 Å². The molecule has 17 heavy (non-hydrogen) atoms. The zero-order valence-electron chi connectivity index (χ0n) is 8.77. The lowest BCUT2D eigenvalue weighted by atomic mass is 10.1. The lowest BCUT2D eigenvalue weighted by molar-refractivity contribution is 0.564. The molecular formula is C10H9BrFN5. The van der Waals surface area contributed by atoms with E-state index < -0.39 is 11.9 Å². The summed E-state index contributed by atoms with van der Waals surface area (Å²) in [4.78, 5) is 2.58. The molecule has 1 unspecified atom stereocenters. The molecule has 0 bridgehead atoms. The Morgan fingerprint density at radius 1 is 1.65 bits per heavy atom. The summed E-state index contributed by atoms with van der Waals surface area (Å²) < 4.78 is 14.2. The number of benzene rings is 1. The summed E-state index contributed by atoms with van der Waals surface area (Å²) in [6.45, 7) is 0.532. The van der Waals surface area contributed by atoms with Crippen LogP contribution in [0.5, 0.6) is 0 Å². The molecule has 0 aliphatic heterocycles. The van der Waals surface area contributed by atoms with Crippen LogP contribution in [0, 0.1) is 17.1 Å². The molecule has 1 aromatic carbocycles. The minimum Gasteiger partial charge on any atom is -0.298 e. The normalized spacial score (nSPS) is 11.4. The summed E-state index contributed by atoms with van der Waals surface area (Å²) >= 11 is 3.14. The summed E-state index contributed by atoms with van der Waals surface area (Å²) in [6.07, 6.45) is 0. The molecular weight excluding hydrogens is 289 g/mol. The third-order valence-corrected chi connectivity index (χ3v) is 2.52. The van der Waals surface area contributed by atoms with Gasteiger partial charge in [0, 0.05) is 28.0 Å². The fourth-order valence-electron chi connectivity index (χ4n) is 1.26. The summed E-state index contributed by atoms with van der Waals surface area (Å²) in [5, 5.41) is 15.1. The number of halogens is 2. The van der Waals surface area contributed by atoms with Crippen molar-refractivity contribution in [1.82, 2.24) is 5.32 Å². The van der Waals surface area contributed by atoms with E-state index in [1.807, 2.05) is 6.07 Å². The van der Waals surface area contributed by atoms with Crippen LogP contribution in [-0.4, -0.2) is 13.1 Å². The van der Waals surface area contributed by atoms with Gasteiger partial charge in [0.2, 0.25) is 0 Å². The van der Waals surface area contributed by atoms with Crippen LogP contribution in [0.15, 0.2) is 27.8 Å². The molecule has 0 spiro atoms. The Labute approximate surface area is 106 Å². The third-order valence-electron chi connectivity index (χ3n) is 2.03. The van der Waals surface area contributed by atoms with Crippen LogP contribution >= 0.6 is 15.9 Å². The first kappa shape index (κ1) is 13.5. The predicted octanol–water partition coefficient (Wildman–Crippen LogP) is 3.05. The first-order valence-corrected chi connectivity index (χ1v) is 5.57. The number of nitrogens with one attached hydrogen (secondary N) is 1. The summed E-state index contributed by atoms with van der Waals surface area (Å²) in [6, 6.07) is 5.70. The fraction of sp³-hybridized carbons (Fsp3) is 0.300. The van der Waals surface area contributed by atoms with E-state index in [1.165, 1.54) is 12.1 Å². The van der Waals surface area contributed by atoms with Crippen molar-refractivity contribution < 1.29 is 4.39 Å². The van der Waals surface area contributed by atoms with E-state index in [1.54, 1.807) is 6.07 Å². The van der Waals surface area contributed by atoms with Crippen molar-refractivity contribution in [2.24, 2.45) is 5.11 Å². The van der Waals surface area contributed by atoms with Gasteiger partial charge in [-0.25, -0.2) is 4.39 Å². The molecule has 0 radical (unpaired) electrons. The summed E-state index contributed by atoms with van der Waals surface area (Å²) in [7, 11) is 0. The minimum absolute atomic E-state index is 0.215. The van der Waals surface area contributed by atoms with Crippen LogP contribution in [0.2, 0.25) is 0 Å². The maximum Gasteiger partial charge on any atom is 0.130 e. The van der Waals surface area contributed by atoms with Crippen LogP contribution in [0.25, 0.3) is 10.4 Å². The van der Waals surface area contributed by atoms with Crippen molar-refractivity contribution in [1.29, 1.82) is 5.26 Å². The second-order valence-electron chi connectivity index (χ2n) is 3.14. The van der Waals surface area contributed by atoms with Gasteiger partial charge in [-0.1, -0.05) is 27.1 Å². The zero-order chi connectivity index (χ0) is 12.7. The maximum absolute atomic E-state index is 13.6. The second kappa shape index (κ2) is 6.86. The third kappa shape index (κ3) is 4.04. The SMILES string of the molecule is N#CC(NCCN=[N+]=[N-])c1ccc(Br)cc1F. The number of azide groups is 1. The highest BCUT2D eigenvalue weighted by atomic mass is 79.9. The van der Waals surface area contributed by atoms with Gasteiger partial charge >= 0.3 is 0 Å². The lowest BCUT2D eigenvalue weighted by Crippen LogP contribution is -2.23. The van der Waals surface area contributed by atoms with Crippen molar-refractivity contribution >= 4 is 15.9 Å². The number of nitriles is 1. The van der Waals surface area contributed by atoms with Gasteiger partial charge in [0.25, 0.3) is 0 Å². The van der Waals surface area contributed by atoms with Crippen LogP contribution in [0.3, 0.4) is 0 Å². The predicted molar refractivity (Wildman–Crippen MR) is 64.5 cm³/mol. The molecule has 1 atom stereocenters. The lowest BCUT2D eigenvalue weighted by Gasteiger charge is -2.11. The number of hydrogen-bond acceptors (Lipinski definition) is 3. The van der Waals surface area contributed by atoms with Gasteiger partial charge in [-0.05, 0) is 17.7 Å². The van der Waals surface area contributed by atoms with E-state index in [9.17, 15) is 4.39 Å². The molecule has 0 heterocycles. The summed E-state index contributed by atoms with van der Waals surface area (Å²) in [5.74, 6) is -0.456. The molecule has 0 amide bonds. The first-order chi connectivity index (χ1) is 8.19. The topological polar surface area (TPSA) is 84.6 Å². The minimum atomic E-state index is -0.753. The second-order valence-corrected chi connectivity index (χ2v) is 4.05. The van der Waals surface area contributed by atoms with Gasteiger partial charge in [-0.3, -0.25) is 5.32 Å². The van der Waals surface area contributed by atoms with Crippen molar-refractivity contribution in [3.63, 3.8) is 0 Å². The van der Waals surface area contributed by atoms with Crippen LogP contribution in [0.4, 0.5) is 4.39 Å². The molecule has 0 aliphatic rings. The van der Waals surface area contributed by atoms with Crippen molar-refractivity contribution in [3.05, 3.63) is 44.5 Å². The number of hydrogen-bond donors (Lipinski definition) is 1. The van der Waals surface area contributed by atoms with Crippen LogP contribution < -0.4 is 5.32 Å². The van der Waals surface area contributed by atoms with E-state index in [-0.39, 0.29) is 12.1 Å². The monoisotopic (exact) mass is 297 g/mol. The van der Waals surface area contributed by atoms with E-state index >= 15 is 0 Å². The Morgan fingerprint density at radius 2 is 2.41 bits per heavy atom. The van der Waals surface area contributed by atoms with Crippen LogP contribution in [-0.2, 0) is 0 Å². The molecule has 0 fully saturated rings. The molecule has 0 aromatic heterocycles. The van der Waals surface area contributed by atoms with Gasteiger partial charge in [0.15, 0.2) is 0 Å². The van der Waals surface area contributed by atoms with E-state index in [0.717, 1.165) is 0 Å². The highest BCUT2D eigenvalue weighted by Gasteiger charge is 2.14. The van der Waals surface area contributed by atoms with Crippen LogP contribution in [0.1, 0.15) is 11.6 Å². The zero-order valence-corrected chi connectivity index (χ0v) is 10.4. The van der Waals surface area contributed by atoms with Gasteiger partial charge in [-0.2, -0.15) is 5.26 Å². The Kier molecular flexibility index (Phi) is 5.43. The average molecular weight is 298 g/mol. The molecule has 1 rings (SSSR count). The fourth-order valence-corrected chi connectivity index (χ4v) is 1.60. The maximum atomic E-state index is 13.6. The van der Waals surface area contributed by atoms with Gasteiger partial charge in [0.05, 0.1) is 6.07 Å². The van der Waals surface area contributed by atoms with E-state index in [0.29, 0.717) is 11.0 Å². The molecule has 0 aliphatic carbocycles. The molecule has 5 nitrogen and oxygen atoms in total. The van der Waals surface area contributed by atoms with Crippen molar-refractivity contribution in [2.45, 2.75) is 6.04 Å². The van der Waals surface area contributed by atoms with Gasteiger partial charge in [-0.15, -0.1) is 0 Å². The Hall–Kier alpha value is -1.61. The largest absolute Gasteiger partial charge is 0.298 e. The van der Waals surface area contributed by atoms with Gasteiger partial charge in [0.1, 0.15) is 11.9 Å². The first-order valence-electron chi connectivity index (χ1n) is 4.78. The quantitative estimate of drug-likeness (QED) is 0.392. The van der Waals surface area contributed by atoms with Crippen molar-refractivity contribution in [2.75, 3.05) is 13.1 Å². The Balaban J connectivity index is 2.73. The molecule has 1 aromatic rings. The Morgan fingerprint density at radius 3 is 3.00 bits per heavy atom. The smallest absolute Gasteiger partial charge is 0.130 e. The molecule has 0 saturated carbocycles. The highest BCUT2D eigenvalue weighted by molar-refractivity contribution is 9.10. The molecule has 0 saturated heterocycles. The summed E-state index contributed by atoms with van der Waals surface area (Å²) in [5.41, 5.74) is 8.36. The number of rotatable bonds is 5. The number of nitrogens with zero attached hydrogens (tertiary/aromatic N) is 4. The van der Waals surface area contributed by atoms with E-state index in [2.05, 4.69) is 31.3 Å².